The molecule has 1 aliphatic heterocycles. The first-order chi connectivity index (χ1) is 13.6. The average molecular weight is 391 g/mol. The van der Waals surface area contributed by atoms with E-state index in [1.54, 1.807) is 35.2 Å². The van der Waals surface area contributed by atoms with Gasteiger partial charge in [0.1, 0.15) is 0 Å². The number of rotatable bonds is 5. The largest absolute Gasteiger partial charge is 0.330 e. The van der Waals surface area contributed by atoms with Gasteiger partial charge in [0, 0.05) is 13.0 Å². The number of hydrogen-bond acceptors (Lipinski definition) is 3. The average Bonchev–Trinajstić information content (AvgIpc) is 3.07. The highest BCUT2D eigenvalue weighted by Crippen LogP contribution is 2.40. The molecule has 0 unspecified atom stereocenters. The topological polar surface area (TPSA) is 54.5 Å². The summed E-state index contributed by atoms with van der Waals surface area (Å²) in [6.45, 7) is 0.389. The van der Waals surface area contributed by atoms with E-state index in [0.717, 1.165) is 11.1 Å². The number of nitrogens with zero attached hydrogens (tertiary/aromatic N) is 1. The van der Waals surface area contributed by atoms with E-state index in [1.807, 2.05) is 60.7 Å². The molecule has 5 heteroatoms. The first kappa shape index (κ1) is 18.4. The van der Waals surface area contributed by atoms with Crippen molar-refractivity contribution in [3.63, 3.8) is 0 Å². The van der Waals surface area contributed by atoms with Crippen molar-refractivity contribution in [3.8, 4) is 0 Å². The maximum Gasteiger partial charge on any atom is 0.224 e. The summed E-state index contributed by atoms with van der Waals surface area (Å²) >= 11 is 0. The van der Waals surface area contributed by atoms with E-state index in [9.17, 15) is 13.2 Å². The van der Waals surface area contributed by atoms with Gasteiger partial charge >= 0.3 is 0 Å². The zero-order valence-corrected chi connectivity index (χ0v) is 16.1. The maximum absolute atomic E-state index is 13.4. The normalized spacial score (nSPS) is 19.7. The summed E-state index contributed by atoms with van der Waals surface area (Å²) in [4.78, 5) is 14.9. The lowest BCUT2D eigenvalue weighted by Gasteiger charge is -2.28. The molecule has 1 amide bonds. The molecule has 3 aromatic carbocycles. The van der Waals surface area contributed by atoms with Crippen LogP contribution in [0.5, 0.6) is 0 Å². The van der Waals surface area contributed by atoms with E-state index >= 15 is 0 Å². The van der Waals surface area contributed by atoms with Crippen LogP contribution in [0.25, 0.3) is 0 Å². The Bertz CT molecular complexity index is 1050. The van der Waals surface area contributed by atoms with Crippen LogP contribution in [0.3, 0.4) is 0 Å². The van der Waals surface area contributed by atoms with Crippen molar-refractivity contribution < 1.29 is 13.2 Å². The summed E-state index contributed by atoms with van der Waals surface area (Å²) in [5, 5.41) is -0.812. The van der Waals surface area contributed by atoms with Crippen LogP contribution < -0.4 is 0 Å². The lowest BCUT2D eigenvalue weighted by Crippen LogP contribution is -2.32. The van der Waals surface area contributed by atoms with Crippen LogP contribution in [-0.4, -0.2) is 24.5 Å². The second-order valence-electron chi connectivity index (χ2n) is 6.96. The zero-order chi connectivity index (χ0) is 19.6. The summed E-state index contributed by atoms with van der Waals surface area (Å²) in [6.07, 6.45) is -0.0103. The first-order valence-corrected chi connectivity index (χ1v) is 10.8. The van der Waals surface area contributed by atoms with Crippen LogP contribution in [0.1, 0.15) is 23.6 Å². The van der Waals surface area contributed by atoms with Crippen molar-refractivity contribution in [2.24, 2.45) is 0 Å². The standard InChI is InChI=1S/C23H21NO3S/c25-22-16-21(28(26,27)20-14-8-3-9-15-20)23(19-12-6-2-7-13-19)24(22)17-18-10-4-1-5-11-18/h1-15,21,23H,16-17H2/t21-,23+/m1/s1. The molecule has 1 aliphatic rings. The molecular formula is C23H21NO3S. The number of likely N-dealkylation sites (tertiary alicyclic amines) is 1. The molecule has 4 rings (SSSR count). The number of carbonyl (C=O) groups excluding carboxylic acids is 1. The van der Waals surface area contributed by atoms with Gasteiger partial charge in [-0.3, -0.25) is 4.79 Å². The molecule has 1 fully saturated rings. The van der Waals surface area contributed by atoms with Crippen LogP contribution >= 0.6 is 0 Å². The van der Waals surface area contributed by atoms with Gasteiger partial charge in [0.15, 0.2) is 9.84 Å². The lowest BCUT2D eigenvalue weighted by molar-refractivity contribution is -0.129. The molecule has 0 saturated carbocycles. The minimum Gasteiger partial charge on any atom is -0.330 e. The van der Waals surface area contributed by atoms with Crippen molar-refractivity contribution in [1.82, 2.24) is 4.90 Å². The van der Waals surface area contributed by atoms with Crippen LogP contribution in [0.15, 0.2) is 95.9 Å². The molecule has 28 heavy (non-hydrogen) atoms. The predicted octanol–water partition coefficient (Wildman–Crippen LogP) is 4.00. The fourth-order valence-electron chi connectivity index (χ4n) is 3.83. The van der Waals surface area contributed by atoms with E-state index in [4.69, 9.17) is 0 Å². The third-order valence-electron chi connectivity index (χ3n) is 5.19. The SMILES string of the molecule is O=C1C[C@@H](S(=O)(=O)c2ccccc2)[C@H](c2ccccc2)N1Cc1ccccc1. The quantitative estimate of drug-likeness (QED) is 0.660. The van der Waals surface area contributed by atoms with Gasteiger partial charge in [-0.1, -0.05) is 78.9 Å². The molecule has 0 radical (unpaired) electrons. The van der Waals surface area contributed by atoms with E-state index in [-0.39, 0.29) is 17.2 Å². The highest BCUT2D eigenvalue weighted by atomic mass is 32.2. The van der Waals surface area contributed by atoms with Crippen LogP contribution in [0.2, 0.25) is 0 Å². The number of benzene rings is 3. The monoisotopic (exact) mass is 391 g/mol. The summed E-state index contributed by atoms with van der Waals surface area (Å²) in [5.41, 5.74) is 1.82. The van der Waals surface area contributed by atoms with Crippen molar-refractivity contribution >= 4 is 15.7 Å². The van der Waals surface area contributed by atoms with E-state index in [1.165, 1.54) is 0 Å². The Hall–Kier alpha value is -2.92. The van der Waals surface area contributed by atoms with Crippen molar-refractivity contribution in [2.75, 3.05) is 0 Å². The van der Waals surface area contributed by atoms with Crippen molar-refractivity contribution in [1.29, 1.82) is 0 Å². The van der Waals surface area contributed by atoms with E-state index < -0.39 is 21.1 Å². The lowest BCUT2D eigenvalue weighted by atomic mass is 10.0. The van der Waals surface area contributed by atoms with Crippen LogP contribution in [0, 0.1) is 0 Å². The Balaban J connectivity index is 1.77. The van der Waals surface area contributed by atoms with Gasteiger partial charge < -0.3 is 4.90 Å². The Labute approximate surface area is 165 Å². The number of carbonyl (C=O) groups is 1. The van der Waals surface area contributed by atoms with Gasteiger partial charge in [0.05, 0.1) is 16.2 Å². The summed E-state index contributed by atoms with van der Waals surface area (Å²) in [5.74, 6) is -0.137. The second kappa shape index (κ2) is 7.60. The second-order valence-corrected chi connectivity index (χ2v) is 9.13. The molecule has 1 heterocycles. The summed E-state index contributed by atoms with van der Waals surface area (Å²) < 4.78 is 26.8. The minimum absolute atomic E-state index is 0.0103. The smallest absolute Gasteiger partial charge is 0.224 e. The van der Waals surface area contributed by atoms with Gasteiger partial charge in [-0.2, -0.15) is 0 Å². The molecule has 2 atom stereocenters. The third kappa shape index (κ3) is 3.45. The summed E-state index contributed by atoms with van der Waals surface area (Å²) in [7, 11) is -3.66. The van der Waals surface area contributed by atoms with Crippen LogP contribution in [-0.2, 0) is 21.2 Å². The van der Waals surface area contributed by atoms with Gasteiger partial charge in [-0.25, -0.2) is 8.42 Å². The highest BCUT2D eigenvalue weighted by molar-refractivity contribution is 7.92. The molecular weight excluding hydrogens is 370 g/mol. The number of sulfone groups is 1. The molecule has 0 spiro atoms. The van der Waals surface area contributed by atoms with Crippen LogP contribution in [0.4, 0.5) is 0 Å². The van der Waals surface area contributed by atoms with Gasteiger partial charge in [-0.15, -0.1) is 0 Å². The van der Waals surface area contributed by atoms with Gasteiger partial charge in [0.2, 0.25) is 5.91 Å². The minimum atomic E-state index is -3.66. The molecule has 1 saturated heterocycles. The zero-order valence-electron chi connectivity index (χ0n) is 15.3. The molecule has 4 nitrogen and oxygen atoms in total. The molecule has 0 aromatic heterocycles. The molecule has 0 N–H and O–H groups in total. The highest BCUT2D eigenvalue weighted by Gasteiger charge is 2.47. The maximum atomic E-state index is 13.4. The molecule has 0 bridgehead atoms. The summed E-state index contributed by atoms with van der Waals surface area (Å²) in [6, 6.07) is 27.0. The fraction of sp³-hybridized carbons (Fsp3) is 0.174. The molecule has 3 aromatic rings. The first-order valence-electron chi connectivity index (χ1n) is 9.24. The Morgan fingerprint density at radius 3 is 1.93 bits per heavy atom. The van der Waals surface area contributed by atoms with E-state index in [2.05, 4.69) is 0 Å². The Morgan fingerprint density at radius 1 is 0.786 bits per heavy atom. The number of amides is 1. The predicted molar refractivity (Wildman–Crippen MR) is 108 cm³/mol. The molecule has 0 aliphatic carbocycles. The third-order valence-corrected chi connectivity index (χ3v) is 7.34. The Kier molecular flexibility index (Phi) is 5.01. The van der Waals surface area contributed by atoms with Gasteiger partial charge in [0.25, 0.3) is 0 Å². The fourth-order valence-corrected chi connectivity index (χ4v) is 5.72. The van der Waals surface area contributed by atoms with Crippen molar-refractivity contribution in [3.05, 3.63) is 102 Å². The Morgan fingerprint density at radius 2 is 1.32 bits per heavy atom. The van der Waals surface area contributed by atoms with E-state index in [0.29, 0.717) is 6.54 Å². The van der Waals surface area contributed by atoms with Gasteiger partial charge in [-0.05, 0) is 23.3 Å². The molecule has 142 valence electrons. The number of hydrogen-bond donors (Lipinski definition) is 0. The van der Waals surface area contributed by atoms with Crippen molar-refractivity contribution in [2.45, 2.75) is 29.2 Å².